The van der Waals surface area contributed by atoms with Crippen LogP contribution in [0.15, 0.2) is 60.7 Å². The highest BCUT2D eigenvalue weighted by Crippen LogP contribution is 2.56. The average molecular weight is 701 g/mol. The predicted molar refractivity (Wildman–Crippen MR) is 170 cm³/mol. The van der Waals surface area contributed by atoms with Crippen molar-refractivity contribution in [3.63, 3.8) is 0 Å². The molecule has 0 saturated carbocycles. The van der Waals surface area contributed by atoms with Crippen molar-refractivity contribution in [2.75, 3.05) is 6.61 Å². The molecule has 4 aromatic carbocycles. The van der Waals surface area contributed by atoms with E-state index in [1.807, 2.05) is 0 Å². The van der Waals surface area contributed by atoms with Crippen LogP contribution >= 0.6 is 0 Å². The van der Waals surface area contributed by atoms with E-state index in [4.69, 9.17) is 9.47 Å². The number of hydrogen-bond donors (Lipinski definition) is 9. The molecule has 0 aromatic heterocycles. The number of carbonyl (C=O) groups excluding carboxylic acids is 2. The molecule has 0 unspecified atom stereocenters. The van der Waals surface area contributed by atoms with Gasteiger partial charge in [-0.3, -0.25) is 9.59 Å². The number of hydrogen-bond acceptors (Lipinski definition) is 13. The van der Waals surface area contributed by atoms with Crippen molar-refractivity contribution < 1.29 is 74.6 Å². The molecule has 51 heavy (non-hydrogen) atoms. The topological polar surface area (TPSA) is 269 Å². The zero-order valence-corrected chi connectivity index (χ0v) is 26.0. The molecule has 2 aliphatic carbocycles. The summed E-state index contributed by atoms with van der Waals surface area (Å²) in [5, 5.41) is 94.1. The summed E-state index contributed by atoms with van der Waals surface area (Å²) in [5.41, 5.74) is -1.98. The zero-order valence-electron chi connectivity index (χ0n) is 26.0. The van der Waals surface area contributed by atoms with Gasteiger partial charge in [-0.2, -0.15) is 0 Å². The maximum Gasteiger partial charge on any atom is 0.335 e. The van der Waals surface area contributed by atoms with E-state index in [1.165, 1.54) is 36.4 Å². The third-order valence-electron chi connectivity index (χ3n) is 9.60. The quantitative estimate of drug-likeness (QED) is 0.138. The fourth-order valence-electron chi connectivity index (χ4n) is 7.34. The number of carbonyl (C=O) groups is 4. The molecule has 7 atom stereocenters. The molecule has 1 fully saturated rings. The van der Waals surface area contributed by atoms with Crippen LogP contribution in [-0.2, 0) is 4.74 Å². The van der Waals surface area contributed by atoms with Crippen LogP contribution in [0.2, 0.25) is 0 Å². The summed E-state index contributed by atoms with van der Waals surface area (Å²) >= 11 is 0. The van der Waals surface area contributed by atoms with Gasteiger partial charge in [0.15, 0.2) is 0 Å². The van der Waals surface area contributed by atoms with E-state index in [1.54, 1.807) is 0 Å². The lowest BCUT2D eigenvalue weighted by Gasteiger charge is -2.41. The van der Waals surface area contributed by atoms with Crippen molar-refractivity contribution in [2.45, 2.75) is 42.5 Å². The molecule has 15 heteroatoms. The molecule has 1 aliphatic heterocycles. The van der Waals surface area contributed by atoms with Crippen LogP contribution in [0.5, 0.6) is 23.0 Å². The first-order chi connectivity index (χ1) is 24.2. The van der Waals surface area contributed by atoms with Crippen LogP contribution in [0.4, 0.5) is 0 Å². The van der Waals surface area contributed by atoms with E-state index in [0.29, 0.717) is 0 Å². The number of aromatic carboxylic acids is 2. The van der Waals surface area contributed by atoms with Gasteiger partial charge in [0.1, 0.15) is 47.4 Å². The lowest BCUT2D eigenvalue weighted by Crippen LogP contribution is -2.60. The molecule has 3 aliphatic rings. The van der Waals surface area contributed by atoms with Crippen LogP contribution in [0.1, 0.15) is 86.6 Å². The monoisotopic (exact) mass is 700 g/mol. The Bertz CT molecular complexity index is 2170. The van der Waals surface area contributed by atoms with Gasteiger partial charge in [-0.1, -0.05) is 24.3 Å². The number of ketones is 2. The molecule has 7 rings (SSSR count). The van der Waals surface area contributed by atoms with Crippen LogP contribution in [0.3, 0.4) is 0 Å². The summed E-state index contributed by atoms with van der Waals surface area (Å²) in [5.74, 6) is -9.35. The first-order valence-corrected chi connectivity index (χ1v) is 15.5. The number of benzene rings is 4. The summed E-state index contributed by atoms with van der Waals surface area (Å²) in [6.45, 7) is -0.775. The third-order valence-corrected chi connectivity index (χ3v) is 9.60. The molecule has 15 nitrogen and oxygen atoms in total. The molecule has 0 bridgehead atoms. The predicted octanol–water partition coefficient (Wildman–Crippen LogP) is 1.43. The van der Waals surface area contributed by atoms with E-state index in [9.17, 15) is 65.1 Å². The minimum absolute atomic E-state index is 0.0489. The Balaban J connectivity index is 1.52. The normalized spacial score (nSPS) is 24.9. The first kappa shape index (κ1) is 33.6. The molecule has 1 saturated heterocycles. The van der Waals surface area contributed by atoms with Crippen molar-refractivity contribution >= 4 is 23.5 Å². The number of phenols is 3. The third kappa shape index (κ3) is 5.09. The average Bonchev–Trinajstić information content (AvgIpc) is 3.08. The van der Waals surface area contributed by atoms with Crippen LogP contribution in [0, 0.1) is 0 Å². The van der Waals surface area contributed by atoms with E-state index in [-0.39, 0.29) is 50.3 Å². The molecular weight excluding hydrogens is 672 g/mol. The van der Waals surface area contributed by atoms with Crippen molar-refractivity contribution in [1.82, 2.24) is 0 Å². The molecule has 0 radical (unpaired) electrons. The second kappa shape index (κ2) is 12.2. The summed E-state index contributed by atoms with van der Waals surface area (Å²) in [6.07, 6.45) is -8.55. The summed E-state index contributed by atoms with van der Waals surface area (Å²) < 4.78 is 11.4. The Kier molecular flexibility index (Phi) is 8.04. The number of aliphatic hydroxyl groups excluding tert-OH is 4. The van der Waals surface area contributed by atoms with Gasteiger partial charge in [0, 0.05) is 11.8 Å². The van der Waals surface area contributed by atoms with Crippen LogP contribution in [0.25, 0.3) is 0 Å². The fraction of sp³-hybridized carbons (Fsp3) is 0.222. The van der Waals surface area contributed by atoms with Crippen molar-refractivity contribution in [3.05, 3.63) is 116 Å². The lowest BCUT2D eigenvalue weighted by atomic mass is 9.63. The Morgan fingerprint density at radius 2 is 1.12 bits per heavy atom. The number of aliphatic hydroxyl groups is 4. The van der Waals surface area contributed by atoms with Gasteiger partial charge in [-0.05, 0) is 58.7 Å². The number of rotatable bonds is 6. The van der Waals surface area contributed by atoms with Gasteiger partial charge in [-0.25, -0.2) is 9.59 Å². The standard InChI is InChI=1S/C36H28O15/c37-11-22-29(41)32(44)33(45)36(51-22)50-21-6-2-4-15-24(17-8-13(35(48)49)10-20(40)27(17)31(43)28(15)21)23-14-3-1-5-18(38)25(14)30(42)26-16(23)7-12(34(46)47)9-19(26)39/h1-10,22-24,29,32-33,36-41,44-45H,11H2,(H,46,47)(H,48,49)/t22-,23+,24+,29-,32+,33-,36-/m1/s1. The highest BCUT2D eigenvalue weighted by molar-refractivity contribution is 6.18. The maximum atomic E-state index is 14.4. The fourth-order valence-corrected chi connectivity index (χ4v) is 7.34. The van der Waals surface area contributed by atoms with E-state index < -0.39 is 101 Å². The number of carboxylic acids is 2. The summed E-state index contributed by atoms with van der Waals surface area (Å²) in [7, 11) is 0. The minimum Gasteiger partial charge on any atom is -0.507 e. The van der Waals surface area contributed by atoms with Crippen molar-refractivity contribution in [2.24, 2.45) is 0 Å². The molecule has 4 aromatic rings. The zero-order chi connectivity index (χ0) is 36.6. The second-order valence-electron chi connectivity index (χ2n) is 12.4. The highest BCUT2D eigenvalue weighted by Gasteiger charge is 2.48. The van der Waals surface area contributed by atoms with Crippen molar-refractivity contribution in [3.8, 4) is 23.0 Å². The number of phenolic OH excluding ortho intramolecular Hbond substituents is 3. The van der Waals surface area contributed by atoms with Gasteiger partial charge in [0.2, 0.25) is 17.9 Å². The SMILES string of the molecule is O=C(O)c1cc(O)c2c(c1)[C@@H]([C@@H]1c3cc(C(=O)O)cc(O)c3C(=O)c3c(O[C@@H]4O[C@H](CO)[C@@H](O)[C@H](O)[C@H]4O)cccc31)c1cccc(O)c1C2=O. The van der Waals surface area contributed by atoms with Gasteiger partial charge in [0.25, 0.3) is 0 Å². The number of fused-ring (bicyclic) bond motifs is 4. The summed E-state index contributed by atoms with van der Waals surface area (Å²) in [6, 6.07) is 12.3. The number of carboxylic acid groups (broad SMARTS) is 2. The van der Waals surface area contributed by atoms with Crippen LogP contribution < -0.4 is 4.74 Å². The Labute approximate surface area is 286 Å². The van der Waals surface area contributed by atoms with Gasteiger partial charge < -0.3 is 55.4 Å². The minimum atomic E-state index is -1.88. The van der Waals surface area contributed by atoms with Gasteiger partial charge in [-0.15, -0.1) is 0 Å². The largest absolute Gasteiger partial charge is 0.507 e. The molecule has 1 heterocycles. The van der Waals surface area contributed by atoms with E-state index in [0.717, 1.165) is 24.3 Å². The number of ether oxygens (including phenoxy) is 2. The molecule has 0 spiro atoms. The Hall–Kier alpha value is -5.84. The molecular formula is C36H28O15. The van der Waals surface area contributed by atoms with E-state index in [2.05, 4.69) is 0 Å². The first-order valence-electron chi connectivity index (χ1n) is 15.5. The lowest BCUT2D eigenvalue weighted by molar-refractivity contribution is -0.277. The Morgan fingerprint density at radius 3 is 1.65 bits per heavy atom. The number of aromatic hydroxyl groups is 3. The highest BCUT2D eigenvalue weighted by atomic mass is 16.7. The van der Waals surface area contributed by atoms with Gasteiger partial charge >= 0.3 is 11.9 Å². The smallest absolute Gasteiger partial charge is 0.335 e. The van der Waals surface area contributed by atoms with E-state index >= 15 is 0 Å². The van der Waals surface area contributed by atoms with Crippen LogP contribution in [-0.4, -0.2) is 107 Å². The second-order valence-corrected chi connectivity index (χ2v) is 12.4. The molecule has 9 N–H and O–H groups in total. The van der Waals surface area contributed by atoms with Gasteiger partial charge in [0.05, 0.1) is 40.0 Å². The molecule has 262 valence electrons. The summed E-state index contributed by atoms with van der Waals surface area (Å²) in [4.78, 5) is 52.6. The maximum absolute atomic E-state index is 14.4. The van der Waals surface area contributed by atoms with Crippen molar-refractivity contribution in [1.29, 1.82) is 0 Å². The Morgan fingerprint density at radius 1 is 0.627 bits per heavy atom. The molecule has 0 amide bonds.